The van der Waals surface area contributed by atoms with Crippen LogP contribution in [0.2, 0.25) is 0 Å². The van der Waals surface area contributed by atoms with Crippen molar-refractivity contribution >= 4 is 28.8 Å². The molecule has 10 nitrogen and oxygen atoms in total. The van der Waals surface area contributed by atoms with Crippen LogP contribution in [-0.4, -0.2) is 55.7 Å². The number of hydrogen-bond donors (Lipinski definition) is 4. The van der Waals surface area contributed by atoms with Crippen LogP contribution >= 0.6 is 0 Å². The largest absolute Gasteiger partial charge is 0.496 e. The Morgan fingerprint density at radius 3 is 2.80 bits per heavy atom. The molecule has 0 aliphatic rings. The highest BCUT2D eigenvalue weighted by Gasteiger charge is 2.18. The Balaban J connectivity index is 2.04. The number of methoxy groups -OCH3 is 1. The fraction of sp³-hybridized carbons (Fsp3) is 0.400. The maximum atomic E-state index is 11.4. The Labute approximate surface area is 173 Å². The summed E-state index contributed by atoms with van der Waals surface area (Å²) >= 11 is 0. The lowest BCUT2D eigenvalue weighted by Gasteiger charge is -2.19. The van der Waals surface area contributed by atoms with Gasteiger partial charge in [0.2, 0.25) is 5.95 Å². The lowest BCUT2D eigenvalue weighted by Crippen LogP contribution is -2.22. The van der Waals surface area contributed by atoms with Gasteiger partial charge in [0, 0.05) is 18.2 Å². The van der Waals surface area contributed by atoms with Crippen LogP contribution in [0.25, 0.3) is 11.0 Å². The molecule has 0 saturated carbocycles. The van der Waals surface area contributed by atoms with Crippen molar-refractivity contribution in [3.8, 4) is 5.75 Å². The third kappa shape index (κ3) is 4.60. The summed E-state index contributed by atoms with van der Waals surface area (Å²) in [5.74, 6) is 0.178. The number of hydrogen-bond acceptors (Lipinski definition) is 8. The number of aromatic nitrogens is 4. The van der Waals surface area contributed by atoms with Gasteiger partial charge in [0.15, 0.2) is 5.82 Å². The van der Waals surface area contributed by atoms with Gasteiger partial charge in [0.1, 0.15) is 16.8 Å². The molecule has 160 valence electrons. The minimum Gasteiger partial charge on any atom is -0.496 e. The summed E-state index contributed by atoms with van der Waals surface area (Å²) in [5, 5.41) is 26.5. The number of nitrogens with two attached hydrogens (primary N) is 1. The third-order valence-electron chi connectivity index (χ3n) is 4.81. The Hall–Kier alpha value is -3.40. The van der Waals surface area contributed by atoms with Crippen LogP contribution in [0.5, 0.6) is 5.75 Å². The first-order valence-electron chi connectivity index (χ1n) is 9.73. The molecule has 1 aromatic carbocycles. The van der Waals surface area contributed by atoms with E-state index >= 15 is 0 Å². The number of aliphatic hydroxyl groups is 1. The zero-order chi connectivity index (χ0) is 21.7. The minimum atomic E-state index is -1.02. The summed E-state index contributed by atoms with van der Waals surface area (Å²) < 4.78 is 7.07. The molecule has 3 rings (SSSR count). The highest BCUT2D eigenvalue weighted by atomic mass is 16.5. The molecule has 1 unspecified atom stereocenters. The molecule has 1 atom stereocenters. The van der Waals surface area contributed by atoms with Gasteiger partial charge in [0.25, 0.3) is 0 Å². The molecule has 3 aromatic rings. The number of nitrogen functional groups attached to an aromatic ring is 1. The maximum absolute atomic E-state index is 11.4. The number of benzene rings is 1. The van der Waals surface area contributed by atoms with Crippen LogP contribution < -0.4 is 15.8 Å². The Morgan fingerprint density at radius 2 is 2.13 bits per heavy atom. The molecule has 0 aliphatic carbocycles. The van der Waals surface area contributed by atoms with Gasteiger partial charge in [-0.25, -0.2) is 9.78 Å². The first-order chi connectivity index (χ1) is 14.5. The van der Waals surface area contributed by atoms with Crippen molar-refractivity contribution in [3.05, 3.63) is 35.5 Å². The average Bonchev–Trinajstić information content (AvgIpc) is 3.10. The molecule has 0 aliphatic heterocycles. The number of carboxylic acids is 1. The number of fused-ring (bicyclic) bond motifs is 1. The van der Waals surface area contributed by atoms with E-state index in [1.54, 1.807) is 23.0 Å². The van der Waals surface area contributed by atoms with Crippen molar-refractivity contribution in [2.45, 2.75) is 38.8 Å². The number of aromatic carboxylic acids is 1. The summed E-state index contributed by atoms with van der Waals surface area (Å²) in [6.45, 7) is 2.38. The van der Waals surface area contributed by atoms with E-state index in [0.717, 1.165) is 12.8 Å². The van der Waals surface area contributed by atoms with E-state index in [1.807, 2.05) is 0 Å². The van der Waals surface area contributed by atoms with Gasteiger partial charge >= 0.3 is 5.97 Å². The van der Waals surface area contributed by atoms with Crippen molar-refractivity contribution in [1.82, 2.24) is 19.7 Å². The number of carboxylic acid groups (broad SMARTS) is 1. The van der Waals surface area contributed by atoms with Crippen molar-refractivity contribution in [2.75, 3.05) is 24.8 Å². The number of ether oxygens (including phenoxy) is 1. The molecule has 30 heavy (non-hydrogen) atoms. The predicted octanol–water partition coefficient (Wildman–Crippen LogP) is 2.13. The molecule has 0 amide bonds. The third-order valence-corrected chi connectivity index (χ3v) is 4.81. The number of nitrogens with zero attached hydrogens (tertiary/aromatic N) is 4. The van der Waals surface area contributed by atoms with Crippen LogP contribution in [0.15, 0.2) is 24.4 Å². The summed E-state index contributed by atoms with van der Waals surface area (Å²) in [6.07, 6.45) is 3.96. The first kappa shape index (κ1) is 21.3. The zero-order valence-electron chi connectivity index (χ0n) is 17.0. The number of nitrogens with one attached hydrogen (secondary N) is 1. The molecule has 0 spiro atoms. The quantitative estimate of drug-likeness (QED) is 0.391. The van der Waals surface area contributed by atoms with Gasteiger partial charge in [-0.2, -0.15) is 10.1 Å². The van der Waals surface area contributed by atoms with Crippen molar-refractivity contribution in [1.29, 1.82) is 0 Å². The molecular weight excluding hydrogens is 388 g/mol. The zero-order valence-corrected chi connectivity index (χ0v) is 17.0. The molecule has 0 saturated heterocycles. The lowest BCUT2D eigenvalue weighted by molar-refractivity contribution is 0.0696. The van der Waals surface area contributed by atoms with Gasteiger partial charge in [-0.1, -0.05) is 13.3 Å². The van der Waals surface area contributed by atoms with Gasteiger partial charge in [0.05, 0.1) is 25.4 Å². The van der Waals surface area contributed by atoms with Crippen molar-refractivity contribution in [3.63, 3.8) is 0 Å². The first-order valence-corrected chi connectivity index (χ1v) is 9.73. The van der Waals surface area contributed by atoms with Crippen LogP contribution in [0.4, 0.5) is 11.8 Å². The van der Waals surface area contributed by atoms with Gasteiger partial charge in [-0.3, -0.25) is 4.68 Å². The van der Waals surface area contributed by atoms with E-state index < -0.39 is 5.97 Å². The number of rotatable bonds is 10. The van der Waals surface area contributed by atoms with E-state index in [1.165, 1.54) is 13.2 Å². The Morgan fingerprint density at radius 1 is 1.33 bits per heavy atom. The summed E-state index contributed by atoms with van der Waals surface area (Å²) in [4.78, 5) is 20.0. The summed E-state index contributed by atoms with van der Waals surface area (Å²) in [7, 11) is 1.53. The monoisotopic (exact) mass is 414 g/mol. The highest BCUT2D eigenvalue weighted by molar-refractivity contribution is 5.88. The smallest absolute Gasteiger partial charge is 0.335 e. The molecular formula is C20H26N6O4. The maximum Gasteiger partial charge on any atom is 0.335 e. The normalized spacial score (nSPS) is 12.1. The fourth-order valence-electron chi connectivity index (χ4n) is 3.42. The van der Waals surface area contributed by atoms with Crippen LogP contribution in [0.1, 0.15) is 42.1 Å². The number of anilines is 2. The Bertz CT molecular complexity index is 1030. The second-order valence-electron chi connectivity index (χ2n) is 6.94. The lowest BCUT2D eigenvalue weighted by atomic mass is 10.1. The Kier molecular flexibility index (Phi) is 6.68. The second kappa shape index (κ2) is 9.40. The van der Waals surface area contributed by atoms with E-state index in [-0.39, 0.29) is 30.7 Å². The van der Waals surface area contributed by atoms with E-state index in [0.29, 0.717) is 34.6 Å². The summed E-state index contributed by atoms with van der Waals surface area (Å²) in [5.41, 5.74) is 7.90. The second-order valence-corrected chi connectivity index (χ2v) is 6.94. The van der Waals surface area contributed by atoms with Gasteiger partial charge < -0.3 is 26.0 Å². The van der Waals surface area contributed by atoms with Crippen molar-refractivity contribution < 1.29 is 19.7 Å². The average molecular weight is 414 g/mol. The molecule has 2 heterocycles. The molecule has 2 aromatic heterocycles. The molecule has 10 heteroatoms. The molecule has 5 N–H and O–H groups in total. The topological polar surface area (TPSA) is 148 Å². The van der Waals surface area contributed by atoms with Crippen molar-refractivity contribution in [2.24, 2.45) is 0 Å². The number of aliphatic hydroxyl groups excluding tert-OH is 1. The predicted molar refractivity (Wildman–Crippen MR) is 113 cm³/mol. The van der Waals surface area contributed by atoms with Crippen LogP contribution in [0.3, 0.4) is 0 Å². The van der Waals surface area contributed by atoms with E-state index in [4.69, 9.17) is 10.5 Å². The molecule has 0 fully saturated rings. The van der Waals surface area contributed by atoms with Gasteiger partial charge in [-0.05, 0) is 31.0 Å². The SMILES string of the molecule is CCCC(CCO)Nc1nc(N)nc2cnn(Cc3cc(C(=O)O)ccc3OC)c12. The fourth-order valence-corrected chi connectivity index (χ4v) is 3.42. The minimum absolute atomic E-state index is 0.0192. The van der Waals surface area contributed by atoms with E-state index in [9.17, 15) is 15.0 Å². The van der Waals surface area contributed by atoms with E-state index in [2.05, 4.69) is 27.3 Å². The van der Waals surface area contributed by atoms with Crippen LogP contribution in [0, 0.1) is 0 Å². The van der Waals surface area contributed by atoms with Crippen LogP contribution in [-0.2, 0) is 6.54 Å². The summed E-state index contributed by atoms with van der Waals surface area (Å²) in [6, 6.07) is 4.69. The van der Waals surface area contributed by atoms with Gasteiger partial charge in [-0.15, -0.1) is 0 Å². The standard InChI is InChI=1S/C20H26N6O4/c1-3-4-14(7-8-27)23-18-17-15(24-20(21)25-18)10-22-26(17)11-13-9-12(19(28)29)5-6-16(13)30-2/h5-6,9-10,14,27H,3-4,7-8,11H2,1-2H3,(H,28,29)(H3,21,23,24,25). The molecule has 0 radical (unpaired) electrons. The number of carbonyl (C=O) groups is 1. The molecule has 0 bridgehead atoms. The highest BCUT2D eigenvalue weighted by Crippen LogP contribution is 2.26.